The van der Waals surface area contributed by atoms with E-state index in [1.165, 1.54) is 0 Å². The maximum absolute atomic E-state index is 12.7. The molecule has 0 saturated carbocycles. The quantitative estimate of drug-likeness (QED) is 0.765. The van der Waals surface area contributed by atoms with Gasteiger partial charge in [0.1, 0.15) is 23.3 Å². The lowest BCUT2D eigenvalue weighted by atomic mass is 10.1. The summed E-state index contributed by atoms with van der Waals surface area (Å²) in [6.45, 7) is 11.6. The minimum atomic E-state index is -0.556. The maximum Gasteiger partial charge on any atom is 0.323 e. The lowest BCUT2D eigenvalue weighted by Gasteiger charge is -2.31. The largest absolute Gasteiger partial charge is 0.459 e. The van der Waals surface area contributed by atoms with E-state index in [1.54, 1.807) is 0 Å². The van der Waals surface area contributed by atoms with E-state index >= 15 is 0 Å². The van der Waals surface area contributed by atoms with Gasteiger partial charge >= 0.3 is 11.9 Å². The SMILES string of the molecule is CC(C)(C)OC(=O)[C@H]1CC[C@H](C(=O)OC(C)(C)C)N1Cc1ccccc1. The van der Waals surface area contributed by atoms with Crippen LogP contribution in [0.25, 0.3) is 0 Å². The van der Waals surface area contributed by atoms with Crippen LogP contribution in [0.15, 0.2) is 30.3 Å². The van der Waals surface area contributed by atoms with Crippen LogP contribution in [0.2, 0.25) is 0 Å². The Kier molecular flexibility index (Phi) is 6.12. The summed E-state index contributed by atoms with van der Waals surface area (Å²) in [5.41, 5.74) is -0.0598. The molecular formula is C21H31NO4. The van der Waals surface area contributed by atoms with E-state index in [0.29, 0.717) is 19.4 Å². The summed E-state index contributed by atoms with van der Waals surface area (Å²) >= 11 is 0. The Morgan fingerprint density at radius 1 is 0.885 bits per heavy atom. The molecule has 1 aliphatic rings. The fourth-order valence-corrected chi connectivity index (χ4v) is 3.13. The second-order valence-corrected chi connectivity index (χ2v) is 8.83. The Balaban J connectivity index is 2.22. The van der Waals surface area contributed by atoms with Crippen molar-refractivity contribution in [3.05, 3.63) is 35.9 Å². The van der Waals surface area contributed by atoms with Gasteiger partial charge in [0.05, 0.1) is 0 Å². The summed E-state index contributed by atoms with van der Waals surface area (Å²) in [6, 6.07) is 8.98. The molecule has 2 atom stereocenters. The van der Waals surface area contributed by atoms with Crippen molar-refractivity contribution in [2.75, 3.05) is 0 Å². The second-order valence-electron chi connectivity index (χ2n) is 8.83. The fraction of sp³-hybridized carbons (Fsp3) is 0.619. The highest BCUT2D eigenvalue weighted by atomic mass is 16.6. The van der Waals surface area contributed by atoms with Gasteiger partial charge in [0.15, 0.2) is 0 Å². The predicted molar refractivity (Wildman–Crippen MR) is 100 cm³/mol. The first kappa shape index (κ1) is 20.4. The topological polar surface area (TPSA) is 55.8 Å². The molecule has 0 aromatic heterocycles. The summed E-state index contributed by atoms with van der Waals surface area (Å²) < 4.78 is 11.2. The number of hydrogen-bond acceptors (Lipinski definition) is 5. The van der Waals surface area contributed by atoms with Crippen LogP contribution in [0.3, 0.4) is 0 Å². The molecule has 0 radical (unpaired) electrons. The van der Waals surface area contributed by atoms with Crippen LogP contribution < -0.4 is 0 Å². The van der Waals surface area contributed by atoms with Crippen molar-refractivity contribution in [3.8, 4) is 0 Å². The highest BCUT2D eigenvalue weighted by molar-refractivity contribution is 5.81. The zero-order chi connectivity index (χ0) is 19.5. The molecule has 1 saturated heterocycles. The molecule has 2 rings (SSSR count). The van der Waals surface area contributed by atoms with Crippen molar-refractivity contribution in [2.24, 2.45) is 0 Å². The van der Waals surface area contributed by atoms with Crippen molar-refractivity contribution >= 4 is 11.9 Å². The zero-order valence-electron chi connectivity index (χ0n) is 16.7. The molecule has 1 aromatic carbocycles. The predicted octanol–water partition coefficient (Wildman–Crippen LogP) is 3.70. The number of rotatable bonds is 4. The number of carbonyl (C=O) groups is 2. The number of ether oxygens (including phenoxy) is 2. The number of esters is 2. The highest BCUT2D eigenvalue weighted by Crippen LogP contribution is 2.30. The summed E-state index contributed by atoms with van der Waals surface area (Å²) in [5.74, 6) is -0.557. The molecule has 26 heavy (non-hydrogen) atoms. The van der Waals surface area contributed by atoms with E-state index in [4.69, 9.17) is 9.47 Å². The van der Waals surface area contributed by atoms with Gasteiger partial charge in [-0.15, -0.1) is 0 Å². The highest BCUT2D eigenvalue weighted by Gasteiger charge is 2.44. The lowest BCUT2D eigenvalue weighted by Crippen LogP contribution is -2.47. The first-order chi connectivity index (χ1) is 12.0. The molecule has 1 aromatic rings. The van der Waals surface area contributed by atoms with Crippen molar-refractivity contribution in [1.29, 1.82) is 0 Å². The first-order valence-electron chi connectivity index (χ1n) is 9.22. The van der Waals surface area contributed by atoms with E-state index in [9.17, 15) is 9.59 Å². The summed E-state index contributed by atoms with van der Waals surface area (Å²) in [7, 11) is 0. The monoisotopic (exact) mass is 361 g/mol. The van der Waals surface area contributed by atoms with E-state index in [1.807, 2.05) is 76.8 Å². The molecule has 0 amide bonds. The van der Waals surface area contributed by atoms with Gasteiger partial charge in [-0.1, -0.05) is 30.3 Å². The van der Waals surface area contributed by atoms with Gasteiger partial charge in [-0.05, 0) is 59.9 Å². The average molecular weight is 361 g/mol. The summed E-state index contributed by atoms with van der Waals surface area (Å²) in [5, 5.41) is 0. The molecule has 1 heterocycles. The Hall–Kier alpha value is -1.88. The van der Waals surface area contributed by atoms with Crippen LogP contribution in [0.4, 0.5) is 0 Å². The molecule has 0 unspecified atom stereocenters. The Morgan fingerprint density at radius 2 is 1.31 bits per heavy atom. The lowest BCUT2D eigenvalue weighted by molar-refractivity contribution is -0.165. The van der Waals surface area contributed by atoms with Gasteiger partial charge in [-0.25, -0.2) is 0 Å². The molecule has 1 aliphatic heterocycles. The van der Waals surface area contributed by atoms with Crippen LogP contribution in [0, 0.1) is 0 Å². The minimum absolute atomic E-state index is 0.278. The molecule has 0 spiro atoms. The molecule has 5 heteroatoms. The number of benzene rings is 1. The normalized spacial score (nSPS) is 21.5. The summed E-state index contributed by atoms with van der Waals surface area (Å²) in [6.07, 6.45) is 1.18. The Morgan fingerprint density at radius 3 is 1.69 bits per heavy atom. The Labute approximate surface area is 156 Å². The fourth-order valence-electron chi connectivity index (χ4n) is 3.13. The van der Waals surface area contributed by atoms with Crippen LogP contribution in [-0.4, -0.2) is 40.1 Å². The number of likely N-dealkylation sites (tertiary alicyclic amines) is 1. The second kappa shape index (κ2) is 7.78. The van der Waals surface area contributed by atoms with Crippen molar-refractivity contribution in [1.82, 2.24) is 4.90 Å². The smallest absolute Gasteiger partial charge is 0.323 e. The van der Waals surface area contributed by atoms with Crippen LogP contribution >= 0.6 is 0 Å². The third-order valence-electron chi connectivity index (χ3n) is 4.08. The third-order valence-corrected chi connectivity index (χ3v) is 4.08. The van der Waals surface area contributed by atoms with Gasteiger partial charge in [0.25, 0.3) is 0 Å². The van der Waals surface area contributed by atoms with Crippen LogP contribution in [-0.2, 0) is 25.6 Å². The molecular weight excluding hydrogens is 330 g/mol. The maximum atomic E-state index is 12.7. The molecule has 0 bridgehead atoms. The van der Waals surface area contributed by atoms with Crippen LogP contribution in [0.5, 0.6) is 0 Å². The van der Waals surface area contributed by atoms with Gasteiger partial charge in [-0.2, -0.15) is 0 Å². The summed E-state index contributed by atoms with van der Waals surface area (Å²) in [4.78, 5) is 27.3. The van der Waals surface area contributed by atoms with Crippen molar-refractivity contribution in [2.45, 2.75) is 84.2 Å². The average Bonchev–Trinajstić information content (AvgIpc) is 2.88. The van der Waals surface area contributed by atoms with E-state index in [2.05, 4.69) is 0 Å². The first-order valence-corrected chi connectivity index (χ1v) is 9.22. The van der Waals surface area contributed by atoms with Gasteiger partial charge in [0.2, 0.25) is 0 Å². The van der Waals surface area contributed by atoms with E-state index in [0.717, 1.165) is 5.56 Å². The molecule has 0 N–H and O–H groups in total. The van der Waals surface area contributed by atoms with Gasteiger partial charge in [-0.3, -0.25) is 14.5 Å². The Bertz CT molecular complexity index is 592. The number of carbonyl (C=O) groups excluding carboxylic acids is 2. The van der Waals surface area contributed by atoms with E-state index in [-0.39, 0.29) is 11.9 Å². The van der Waals surface area contributed by atoms with Gasteiger partial charge in [0, 0.05) is 6.54 Å². The molecule has 5 nitrogen and oxygen atoms in total. The third kappa shape index (κ3) is 5.84. The van der Waals surface area contributed by atoms with Crippen LogP contribution in [0.1, 0.15) is 59.9 Å². The molecule has 144 valence electrons. The van der Waals surface area contributed by atoms with Crippen molar-refractivity contribution < 1.29 is 19.1 Å². The van der Waals surface area contributed by atoms with Gasteiger partial charge < -0.3 is 9.47 Å². The molecule has 0 aliphatic carbocycles. The van der Waals surface area contributed by atoms with Crippen molar-refractivity contribution in [3.63, 3.8) is 0 Å². The standard InChI is InChI=1S/C21H31NO4/c1-20(2,3)25-18(23)16-12-13-17(19(24)26-21(4,5)6)22(16)14-15-10-8-7-9-11-15/h7-11,16-17H,12-14H2,1-6H3/t16-,17-/m1/s1. The molecule has 1 fully saturated rings. The number of hydrogen-bond donors (Lipinski definition) is 0. The number of nitrogens with zero attached hydrogens (tertiary/aromatic N) is 1. The zero-order valence-corrected chi connectivity index (χ0v) is 16.7. The minimum Gasteiger partial charge on any atom is -0.459 e. The van der Waals surface area contributed by atoms with E-state index < -0.39 is 23.3 Å².